The van der Waals surface area contributed by atoms with Gasteiger partial charge in [0.1, 0.15) is 17.0 Å². The van der Waals surface area contributed by atoms with Crippen molar-refractivity contribution in [1.29, 1.82) is 0 Å². The Balaban J connectivity index is 2.05. The van der Waals surface area contributed by atoms with Gasteiger partial charge >= 0.3 is 0 Å². The fourth-order valence-corrected chi connectivity index (χ4v) is 3.24. The first-order valence-corrected chi connectivity index (χ1v) is 8.34. The molecule has 1 aromatic carbocycles. The molecule has 2 heterocycles. The molecule has 0 bridgehead atoms. The highest BCUT2D eigenvalue weighted by atomic mass is 32.1. The number of pyridine rings is 1. The summed E-state index contributed by atoms with van der Waals surface area (Å²) in [5, 5.41) is 3.23. The molecule has 3 aromatic rings. The fraction of sp³-hybridized carbons (Fsp3) is 0.294. The summed E-state index contributed by atoms with van der Waals surface area (Å²) < 4.78 is 29.4. The van der Waals surface area contributed by atoms with Gasteiger partial charge in [-0.2, -0.15) is 0 Å². The summed E-state index contributed by atoms with van der Waals surface area (Å²) in [6, 6.07) is 4.55. The summed E-state index contributed by atoms with van der Waals surface area (Å²) in [5.41, 5.74) is 0.00448. The molecule has 0 amide bonds. The molecular formula is C17H16F2N2OS. The second kappa shape index (κ2) is 6.58. The molecule has 0 aliphatic heterocycles. The zero-order valence-corrected chi connectivity index (χ0v) is 13.4. The summed E-state index contributed by atoms with van der Waals surface area (Å²) >= 11 is 1.34. The number of nitrogens with zero attached hydrogens (tertiary/aromatic N) is 2. The molecule has 3 nitrogen and oxygen atoms in total. The van der Waals surface area contributed by atoms with Crippen LogP contribution >= 0.6 is 11.3 Å². The predicted molar refractivity (Wildman–Crippen MR) is 89.1 cm³/mol. The Kier molecular flexibility index (Phi) is 4.52. The zero-order valence-electron chi connectivity index (χ0n) is 12.6. The van der Waals surface area contributed by atoms with Gasteiger partial charge in [-0.05, 0) is 30.0 Å². The number of hydrogen-bond acceptors (Lipinski definition) is 3. The Labute approximate surface area is 136 Å². The van der Waals surface area contributed by atoms with Crippen molar-refractivity contribution in [3.63, 3.8) is 0 Å². The van der Waals surface area contributed by atoms with Gasteiger partial charge in [0.25, 0.3) is 5.56 Å². The summed E-state index contributed by atoms with van der Waals surface area (Å²) in [6.07, 6.45) is 3.22. The van der Waals surface area contributed by atoms with Crippen LogP contribution in [0.4, 0.5) is 8.78 Å². The van der Waals surface area contributed by atoms with Gasteiger partial charge in [0, 0.05) is 23.3 Å². The van der Waals surface area contributed by atoms with Crippen molar-refractivity contribution in [2.75, 3.05) is 0 Å². The first kappa shape index (κ1) is 15.8. The number of rotatable bonds is 5. The van der Waals surface area contributed by atoms with Crippen LogP contribution in [0.25, 0.3) is 21.3 Å². The predicted octanol–water partition coefficient (Wildman–Crippen LogP) is 4.40. The third-order valence-electron chi connectivity index (χ3n) is 3.72. The van der Waals surface area contributed by atoms with Gasteiger partial charge in [0.05, 0.1) is 11.9 Å². The summed E-state index contributed by atoms with van der Waals surface area (Å²) in [4.78, 5) is 16.5. The van der Waals surface area contributed by atoms with Crippen LogP contribution in [0.15, 0.2) is 40.8 Å². The van der Waals surface area contributed by atoms with E-state index in [1.54, 1.807) is 29.9 Å². The molecule has 6 heteroatoms. The zero-order chi connectivity index (χ0) is 16.4. The molecule has 23 heavy (non-hydrogen) atoms. The second-order valence-corrected chi connectivity index (χ2v) is 6.31. The van der Waals surface area contributed by atoms with E-state index in [1.165, 1.54) is 22.0 Å². The molecule has 0 aliphatic carbocycles. The third kappa shape index (κ3) is 3.17. The van der Waals surface area contributed by atoms with Crippen molar-refractivity contribution < 1.29 is 8.78 Å². The van der Waals surface area contributed by atoms with Crippen molar-refractivity contribution in [3.05, 3.63) is 52.1 Å². The Morgan fingerprint density at radius 1 is 1.39 bits per heavy atom. The maximum absolute atomic E-state index is 14.3. The summed E-state index contributed by atoms with van der Waals surface area (Å²) in [7, 11) is 0. The van der Waals surface area contributed by atoms with Crippen LogP contribution in [-0.2, 0) is 6.54 Å². The van der Waals surface area contributed by atoms with Crippen LogP contribution in [0.3, 0.4) is 0 Å². The lowest BCUT2D eigenvalue weighted by atomic mass is 10.1. The average Bonchev–Trinajstić information content (AvgIpc) is 3.04. The first-order chi connectivity index (χ1) is 11.1. The van der Waals surface area contributed by atoms with Crippen LogP contribution in [-0.4, -0.2) is 15.7 Å². The molecule has 2 aromatic heterocycles. The van der Waals surface area contributed by atoms with Crippen LogP contribution in [0.5, 0.6) is 0 Å². The molecule has 0 saturated heterocycles. The van der Waals surface area contributed by atoms with Crippen LogP contribution in [0, 0.1) is 5.82 Å². The molecule has 0 aliphatic rings. The second-order valence-electron chi connectivity index (χ2n) is 5.42. The average molecular weight is 334 g/mol. The van der Waals surface area contributed by atoms with Gasteiger partial charge in [0.15, 0.2) is 0 Å². The molecular weight excluding hydrogens is 318 g/mol. The normalized spacial score (nSPS) is 12.7. The highest BCUT2D eigenvalue weighted by molar-refractivity contribution is 7.13. The van der Waals surface area contributed by atoms with Crippen LogP contribution < -0.4 is 5.56 Å². The van der Waals surface area contributed by atoms with Crippen molar-refractivity contribution in [2.24, 2.45) is 0 Å². The molecule has 1 atom stereocenters. The van der Waals surface area contributed by atoms with Crippen molar-refractivity contribution in [2.45, 2.75) is 32.5 Å². The minimum absolute atomic E-state index is 0.00152. The van der Waals surface area contributed by atoms with E-state index in [4.69, 9.17) is 0 Å². The molecule has 0 N–H and O–H groups in total. The van der Waals surface area contributed by atoms with Gasteiger partial charge in [-0.3, -0.25) is 4.79 Å². The standard InChI is InChI=1S/C17H16F2N2OS/c1-2-3-12(18)10-21-6-4-11-8-14(16-20-5-7-23-16)15(19)9-13(11)17(21)22/h4-9,12H,2-3,10H2,1H3. The maximum atomic E-state index is 14.3. The van der Waals surface area contributed by atoms with E-state index in [9.17, 15) is 13.6 Å². The minimum atomic E-state index is -1.07. The van der Waals surface area contributed by atoms with E-state index in [0.29, 0.717) is 22.4 Å². The van der Waals surface area contributed by atoms with E-state index in [-0.39, 0.29) is 17.5 Å². The van der Waals surface area contributed by atoms with Gasteiger partial charge < -0.3 is 4.57 Å². The molecule has 3 rings (SSSR count). The smallest absolute Gasteiger partial charge is 0.258 e. The number of thiazole rings is 1. The molecule has 0 saturated carbocycles. The van der Waals surface area contributed by atoms with Crippen molar-refractivity contribution in [3.8, 4) is 10.6 Å². The van der Waals surface area contributed by atoms with E-state index in [0.717, 1.165) is 6.42 Å². The number of aromatic nitrogens is 2. The van der Waals surface area contributed by atoms with Crippen LogP contribution in [0.2, 0.25) is 0 Å². The number of alkyl halides is 1. The van der Waals surface area contributed by atoms with Gasteiger partial charge in [-0.1, -0.05) is 13.3 Å². The lowest BCUT2D eigenvalue weighted by Gasteiger charge is -2.11. The molecule has 120 valence electrons. The topological polar surface area (TPSA) is 34.9 Å². The highest BCUT2D eigenvalue weighted by Gasteiger charge is 2.13. The Morgan fingerprint density at radius 3 is 2.91 bits per heavy atom. The van der Waals surface area contributed by atoms with E-state index in [1.807, 2.05) is 6.92 Å². The van der Waals surface area contributed by atoms with Crippen molar-refractivity contribution >= 4 is 22.1 Å². The lowest BCUT2D eigenvalue weighted by molar-refractivity contribution is 0.274. The largest absolute Gasteiger partial charge is 0.312 e. The molecule has 1 unspecified atom stereocenters. The van der Waals surface area contributed by atoms with Crippen molar-refractivity contribution in [1.82, 2.24) is 9.55 Å². The number of benzene rings is 1. The van der Waals surface area contributed by atoms with Gasteiger partial charge in [-0.25, -0.2) is 13.8 Å². The van der Waals surface area contributed by atoms with E-state index in [2.05, 4.69) is 4.98 Å². The Bertz CT molecular complexity index is 874. The summed E-state index contributed by atoms with van der Waals surface area (Å²) in [6.45, 7) is 1.89. The number of fused-ring (bicyclic) bond motifs is 1. The van der Waals surface area contributed by atoms with E-state index >= 15 is 0 Å². The van der Waals surface area contributed by atoms with Crippen LogP contribution in [0.1, 0.15) is 19.8 Å². The Hall–Kier alpha value is -2.08. The number of hydrogen-bond donors (Lipinski definition) is 0. The highest BCUT2D eigenvalue weighted by Crippen LogP contribution is 2.28. The molecule has 0 spiro atoms. The fourth-order valence-electron chi connectivity index (χ4n) is 2.59. The quantitative estimate of drug-likeness (QED) is 0.693. The third-order valence-corrected chi connectivity index (χ3v) is 4.53. The first-order valence-electron chi connectivity index (χ1n) is 7.46. The SMILES string of the molecule is CCCC(F)Cn1ccc2cc(-c3nccs3)c(F)cc2c1=O. The monoisotopic (exact) mass is 334 g/mol. The van der Waals surface area contributed by atoms with Gasteiger partial charge in [-0.15, -0.1) is 11.3 Å². The van der Waals surface area contributed by atoms with Gasteiger partial charge in [0.2, 0.25) is 0 Å². The Morgan fingerprint density at radius 2 is 2.22 bits per heavy atom. The lowest BCUT2D eigenvalue weighted by Crippen LogP contribution is -2.24. The van der Waals surface area contributed by atoms with E-state index < -0.39 is 12.0 Å². The molecule has 0 radical (unpaired) electrons. The number of halogens is 2. The summed E-state index contributed by atoms with van der Waals surface area (Å²) in [5.74, 6) is -0.493. The maximum Gasteiger partial charge on any atom is 0.258 e. The minimum Gasteiger partial charge on any atom is -0.312 e. The molecule has 0 fully saturated rings.